The Kier molecular flexibility index (Phi) is 2.37. The van der Waals surface area contributed by atoms with Crippen LogP contribution in [0.2, 0.25) is 0 Å². The second-order valence-corrected chi connectivity index (χ2v) is 4.06. The number of H-pyrrole nitrogens is 1. The van der Waals surface area contributed by atoms with Gasteiger partial charge in [-0.15, -0.1) is 0 Å². The van der Waals surface area contributed by atoms with Gasteiger partial charge in [0.15, 0.2) is 0 Å². The van der Waals surface area contributed by atoms with Gasteiger partial charge in [-0.25, -0.2) is 4.79 Å². The first-order valence-electron chi connectivity index (χ1n) is 4.20. The van der Waals surface area contributed by atoms with Crippen LogP contribution in [0.15, 0.2) is 15.7 Å². The quantitative estimate of drug-likeness (QED) is 0.565. The number of rotatable bonds is 1. The fourth-order valence-electron chi connectivity index (χ4n) is 0.964. The molecule has 0 bridgehead atoms. The first kappa shape index (κ1) is 10.4. The Morgan fingerprint density at radius 1 is 1.43 bits per heavy atom. The van der Waals surface area contributed by atoms with Crippen molar-refractivity contribution in [1.29, 1.82) is 0 Å². The molecule has 0 aliphatic carbocycles. The summed E-state index contributed by atoms with van der Waals surface area (Å²) in [5.74, 6) is 0.0914. The zero-order chi connectivity index (χ0) is 10.9. The van der Waals surface area contributed by atoms with E-state index in [9.17, 15) is 9.59 Å². The molecule has 0 aliphatic rings. The number of nitrogen functional groups attached to an aromatic ring is 1. The molecule has 78 valence electrons. The van der Waals surface area contributed by atoms with Crippen molar-refractivity contribution in [3.63, 3.8) is 0 Å². The van der Waals surface area contributed by atoms with Gasteiger partial charge in [-0.05, 0) is 20.8 Å². The molecule has 14 heavy (non-hydrogen) atoms. The van der Waals surface area contributed by atoms with Crippen LogP contribution in [-0.4, -0.2) is 15.2 Å². The SMILES string of the molecule is CC(C)(C)Nn1c(N)cc(=O)[nH]c1=O. The van der Waals surface area contributed by atoms with Crippen LogP contribution in [0.4, 0.5) is 5.82 Å². The van der Waals surface area contributed by atoms with E-state index < -0.39 is 11.2 Å². The molecular formula is C8H14N4O2. The maximum Gasteiger partial charge on any atom is 0.348 e. The van der Waals surface area contributed by atoms with Gasteiger partial charge in [0.25, 0.3) is 5.56 Å². The maximum atomic E-state index is 11.3. The largest absolute Gasteiger partial charge is 0.383 e. The molecule has 6 nitrogen and oxygen atoms in total. The molecule has 1 aromatic heterocycles. The van der Waals surface area contributed by atoms with Crippen molar-refractivity contribution in [3.8, 4) is 0 Å². The minimum atomic E-state index is -0.565. The van der Waals surface area contributed by atoms with Crippen molar-refractivity contribution >= 4 is 5.82 Å². The standard InChI is InChI=1S/C8H14N4O2/c1-8(2,3)11-12-5(9)4-6(13)10-7(12)14/h4,11H,9H2,1-3H3,(H,10,13,14). The molecular weight excluding hydrogens is 184 g/mol. The van der Waals surface area contributed by atoms with Crippen LogP contribution in [0.5, 0.6) is 0 Å². The molecule has 0 fully saturated rings. The van der Waals surface area contributed by atoms with Crippen LogP contribution in [-0.2, 0) is 0 Å². The average Bonchev–Trinajstić information content (AvgIpc) is 1.95. The third-order valence-electron chi connectivity index (χ3n) is 1.42. The minimum Gasteiger partial charge on any atom is -0.383 e. The van der Waals surface area contributed by atoms with Crippen LogP contribution < -0.4 is 22.4 Å². The highest BCUT2D eigenvalue weighted by atomic mass is 16.2. The van der Waals surface area contributed by atoms with E-state index in [1.165, 1.54) is 0 Å². The van der Waals surface area contributed by atoms with Crippen molar-refractivity contribution in [3.05, 3.63) is 26.9 Å². The molecule has 0 radical (unpaired) electrons. The van der Waals surface area contributed by atoms with Crippen LogP contribution in [0.1, 0.15) is 20.8 Å². The highest BCUT2D eigenvalue weighted by Crippen LogP contribution is 2.02. The third kappa shape index (κ3) is 2.38. The van der Waals surface area contributed by atoms with E-state index in [0.717, 1.165) is 10.7 Å². The molecule has 0 aromatic carbocycles. The molecule has 0 unspecified atom stereocenters. The highest BCUT2D eigenvalue weighted by Gasteiger charge is 2.12. The lowest BCUT2D eigenvalue weighted by Crippen LogP contribution is -2.44. The summed E-state index contributed by atoms with van der Waals surface area (Å²) in [5.41, 5.74) is 6.99. The molecule has 0 atom stereocenters. The van der Waals surface area contributed by atoms with Crippen LogP contribution >= 0.6 is 0 Å². The topological polar surface area (TPSA) is 92.9 Å². The smallest absolute Gasteiger partial charge is 0.348 e. The maximum absolute atomic E-state index is 11.3. The Hall–Kier alpha value is -1.72. The average molecular weight is 198 g/mol. The van der Waals surface area contributed by atoms with Crippen LogP contribution in [0, 0.1) is 0 Å². The lowest BCUT2D eigenvalue weighted by molar-refractivity contribution is 0.543. The van der Waals surface area contributed by atoms with Gasteiger partial charge >= 0.3 is 5.69 Å². The number of aromatic amines is 1. The Morgan fingerprint density at radius 3 is 2.43 bits per heavy atom. The number of nitrogens with two attached hydrogens (primary N) is 1. The molecule has 0 saturated heterocycles. The summed E-state index contributed by atoms with van der Waals surface area (Å²) >= 11 is 0. The van der Waals surface area contributed by atoms with Gasteiger partial charge in [-0.1, -0.05) is 0 Å². The van der Waals surface area contributed by atoms with Gasteiger partial charge in [0.05, 0.1) is 0 Å². The number of anilines is 1. The summed E-state index contributed by atoms with van der Waals surface area (Å²) < 4.78 is 1.11. The van der Waals surface area contributed by atoms with Crippen molar-refractivity contribution in [2.75, 3.05) is 11.2 Å². The highest BCUT2D eigenvalue weighted by molar-refractivity contribution is 5.27. The number of aromatic nitrogens is 2. The summed E-state index contributed by atoms with van der Waals surface area (Å²) in [6.45, 7) is 5.64. The molecule has 1 rings (SSSR count). The van der Waals surface area contributed by atoms with Crippen LogP contribution in [0.25, 0.3) is 0 Å². The van der Waals surface area contributed by atoms with Gasteiger partial charge in [0.2, 0.25) is 0 Å². The first-order chi connectivity index (χ1) is 6.29. The van der Waals surface area contributed by atoms with E-state index in [0.29, 0.717) is 0 Å². The Bertz CT molecular complexity index is 438. The van der Waals surface area contributed by atoms with E-state index in [1.54, 1.807) is 0 Å². The fraction of sp³-hybridized carbons (Fsp3) is 0.500. The molecule has 0 spiro atoms. The number of nitrogens with zero attached hydrogens (tertiary/aromatic N) is 1. The van der Waals surface area contributed by atoms with Gasteiger partial charge in [-0.2, -0.15) is 4.68 Å². The summed E-state index contributed by atoms with van der Waals surface area (Å²) in [6, 6.07) is 1.15. The Labute approximate surface area is 80.7 Å². The normalized spacial score (nSPS) is 11.4. The summed E-state index contributed by atoms with van der Waals surface area (Å²) in [4.78, 5) is 24.3. The zero-order valence-corrected chi connectivity index (χ0v) is 8.42. The summed E-state index contributed by atoms with van der Waals surface area (Å²) in [6.07, 6.45) is 0. The summed E-state index contributed by atoms with van der Waals surface area (Å²) in [7, 11) is 0. The van der Waals surface area contributed by atoms with Gasteiger partial charge in [0, 0.05) is 11.6 Å². The lowest BCUT2D eigenvalue weighted by atomic mass is 10.1. The summed E-state index contributed by atoms with van der Waals surface area (Å²) in [5, 5.41) is 0. The van der Waals surface area contributed by atoms with E-state index in [2.05, 4.69) is 10.4 Å². The van der Waals surface area contributed by atoms with Crippen LogP contribution in [0.3, 0.4) is 0 Å². The zero-order valence-electron chi connectivity index (χ0n) is 8.42. The molecule has 1 heterocycles. The van der Waals surface area contributed by atoms with E-state index in [4.69, 9.17) is 5.73 Å². The van der Waals surface area contributed by atoms with Crippen molar-refractivity contribution in [1.82, 2.24) is 9.66 Å². The van der Waals surface area contributed by atoms with E-state index in [1.807, 2.05) is 20.8 Å². The third-order valence-corrected chi connectivity index (χ3v) is 1.42. The number of hydrogen-bond acceptors (Lipinski definition) is 4. The number of hydrogen-bond donors (Lipinski definition) is 3. The van der Waals surface area contributed by atoms with Gasteiger partial charge in [-0.3, -0.25) is 9.78 Å². The van der Waals surface area contributed by atoms with Crippen molar-refractivity contribution in [2.24, 2.45) is 0 Å². The van der Waals surface area contributed by atoms with E-state index >= 15 is 0 Å². The monoisotopic (exact) mass is 198 g/mol. The Morgan fingerprint density at radius 2 is 2.00 bits per heavy atom. The Balaban J connectivity index is 3.23. The molecule has 1 aromatic rings. The predicted molar refractivity (Wildman–Crippen MR) is 54.8 cm³/mol. The molecule has 6 heteroatoms. The second-order valence-electron chi connectivity index (χ2n) is 4.06. The first-order valence-corrected chi connectivity index (χ1v) is 4.20. The van der Waals surface area contributed by atoms with E-state index in [-0.39, 0.29) is 11.4 Å². The van der Waals surface area contributed by atoms with Crippen molar-refractivity contribution in [2.45, 2.75) is 26.3 Å². The minimum absolute atomic E-state index is 0.0914. The molecule has 0 amide bonds. The molecule has 4 N–H and O–H groups in total. The molecule has 0 aliphatic heterocycles. The van der Waals surface area contributed by atoms with Gasteiger partial charge < -0.3 is 11.2 Å². The fourth-order valence-corrected chi connectivity index (χ4v) is 0.964. The second kappa shape index (κ2) is 3.21. The number of nitrogens with one attached hydrogen (secondary N) is 2. The van der Waals surface area contributed by atoms with Gasteiger partial charge in [0.1, 0.15) is 5.82 Å². The van der Waals surface area contributed by atoms with Crippen molar-refractivity contribution < 1.29 is 0 Å². The lowest BCUT2D eigenvalue weighted by Gasteiger charge is -2.23. The molecule has 0 saturated carbocycles. The predicted octanol–water partition coefficient (Wildman–Crippen LogP) is -0.539.